The summed E-state index contributed by atoms with van der Waals surface area (Å²) in [5.74, 6) is 0. The topological polar surface area (TPSA) is 76.5 Å². The Bertz CT molecular complexity index is 1290. The summed E-state index contributed by atoms with van der Waals surface area (Å²) in [4.78, 5) is 28.9. The van der Waals surface area contributed by atoms with Gasteiger partial charge in [-0.25, -0.2) is 15.0 Å². The largest absolute Gasteiger partial charge is 0.312 e. The molecular weight excluding hydrogens is 314 g/mol. The lowest BCUT2D eigenvalue weighted by Gasteiger charge is -2.06. The molecule has 3 aromatic heterocycles. The summed E-state index contributed by atoms with van der Waals surface area (Å²) in [6, 6.07) is 17.7. The van der Waals surface area contributed by atoms with E-state index in [1.807, 2.05) is 59.2 Å². The van der Waals surface area contributed by atoms with Gasteiger partial charge in [-0.15, -0.1) is 0 Å². The first-order chi connectivity index (χ1) is 12.3. The van der Waals surface area contributed by atoms with Gasteiger partial charge in [-0.1, -0.05) is 42.5 Å². The third-order valence-electron chi connectivity index (χ3n) is 4.32. The molecule has 5 rings (SSSR count). The maximum atomic E-state index is 12.4. The van der Waals surface area contributed by atoms with E-state index >= 15 is 0 Å². The lowest BCUT2D eigenvalue weighted by molar-refractivity contribution is 0.842. The predicted octanol–water partition coefficient (Wildman–Crippen LogP) is 2.87. The van der Waals surface area contributed by atoms with Crippen molar-refractivity contribution in [1.29, 1.82) is 0 Å². The highest BCUT2D eigenvalue weighted by Gasteiger charge is 2.18. The van der Waals surface area contributed by atoms with Gasteiger partial charge in [0, 0.05) is 0 Å². The Morgan fingerprint density at radius 3 is 2.40 bits per heavy atom. The van der Waals surface area contributed by atoms with Crippen molar-refractivity contribution in [2.24, 2.45) is 0 Å². The number of hydrogen-bond acceptors (Lipinski definition) is 4. The van der Waals surface area contributed by atoms with Gasteiger partial charge in [0.1, 0.15) is 10.9 Å². The van der Waals surface area contributed by atoms with Crippen LogP contribution in [-0.2, 0) is 6.54 Å². The second kappa shape index (κ2) is 5.24. The molecule has 0 fully saturated rings. The number of nitrogens with zero attached hydrogens (tertiary/aromatic N) is 4. The maximum absolute atomic E-state index is 12.4. The van der Waals surface area contributed by atoms with Crippen LogP contribution in [0.5, 0.6) is 0 Å². The molecule has 0 saturated carbocycles. The van der Waals surface area contributed by atoms with Crippen LogP contribution in [-0.4, -0.2) is 24.5 Å². The molecule has 25 heavy (non-hydrogen) atoms. The zero-order chi connectivity index (χ0) is 16.8. The highest BCUT2D eigenvalue weighted by molar-refractivity contribution is 6.04. The minimum atomic E-state index is -0.202. The van der Waals surface area contributed by atoms with Crippen LogP contribution >= 0.6 is 0 Å². The van der Waals surface area contributed by atoms with Crippen LogP contribution in [0.25, 0.3) is 33.2 Å². The van der Waals surface area contributed by atoms with Crippen LogP contribution < -0.4 is 5.56 Å². The average Bonchev–Trinajstić information content (AvgIpc) is 2.95. The minimum Gasteiger partial charge on any atom is -0.312 e. The molecule has 0 unspecified atom stereocenters. The van der Waals surface area contributed by atoms with Gasteiger partial charge in [0.2, 0.25) is 0 Å². The van der Waals surface area contributed by atoms with Crippen molar-refractivity contribution in [3.8, 4) is 0 Å². The number of aromatic nitrogens is 5. The molecule has 6 nitrogen and oxygen atoms in total. The van der Waals surface area contributed by atoms with E-state index < -0.39 is 0 Å². The van der Waals surface area contributed by atoms with E-state index in [4.69, 9.17) is 4.98 Å². The van der Waals surface area contributed by atoms with Gasteiger partial charge in [-0.3, -0.25) is 4.79 Å². The summed E-state index contributed by atoms with van der Waals surface area (Å²) in [6.45, 7) is 0.574. The zero-order valence-corrected chi connectivity index (χ0v) is 13.2. The van der Waals surface area contributed by atoms with Crippen molar-refractivity contribution >= 4 is 33.2 Å². The van der Waals surface area contributed by atoms with Gasteiger partial charge in [0.05, 0.1) is 23.9 Å². The molecule has 2 aromatic carbocycles. The number of hydrogen-bond donors (Lipinski definition) is 1. The Hall–Kier alpha value is -3.54. The normalized spacial score (nSPS) is 11.5. The molecule has 0 amide bonds. The quantitative estimate of drug-likeness (QED) is 0.541. The third kappa shape index (κ3) is 2.11. The molecular formula is C19H13N5O. The first kappa shape index (κ1) is 13.9. The van der Waals surface area contributed by atoms with Gasteiger partial charge in [-0.05, 0) is 17.7 Å². The van der Waals surface area contributed by atoms with Gasteiger partial charge < -0.3 is 9.55 Å². The molecule has 0 saturated heterocycles. The third-order valence-corrected chi connectivity index (χ3v) is 4.32. The van der Waals surface area contributed by atoms with Crippen LogP contribution in [0, 0.1) is 0 Å². The maximum Gasteiger partial charge on any atom is 0.262 e. The highest BCUT2D eigenvalue weighted by Crippen LogP contribution is 2.25. The van der Waals surface area contributed by atoms with E-state index in [9.17, 15) is 4.79 Å². The fraction of sp³-hybridized carbons (Fsp3) is 0.0526. The number of benzene rings is 2. The Morgan fingerprint density at radius 1 is 0.880 bits per heavy atom. The van der Waals surface area contributed by atoms with Crippen LogP contribution in [0.1, 0.15) is 5.56 Å². The van der Waals surface area contributed by atoms with Crippen molar-refractivity contribution in [1.82, 2.24) is 24.5 Å². The Kier molecular flexibility index (Phi) is 2.90. The van der Waals surface area contributed by atoms with E-state index in [1.54, 1.807) is 0 Å². The molecule has 0 bridgehead atoms. The second-order valence-electron chi connectivity index (χ2n) is 5.89. The standard InChI is InChI=1S/C19H13N5O/c25-19-15-16-18(23-14-9-5-4-8-13(14)22-16)24(17(15)20-11-21-19)10-12-6-2-1-3-7-12/h1-9,11H,10H2,(H,20,21,25). The van der Waals surface area contributed by atoms with Crippen LogP contribution in [0.15, 0.2) is 65.7 Å². The first-order valence-corrected chi connectivity index (χ1v) is 7.97. The van der Waals surface area contributed by atoms with E-state index in [0.717, 1.165) is 16.6 Å². The number of H-pyrrole nitrogens is 1. The lowest BCUT2D eigenvalue weighted by atomic mass is 10.2. The lowest BCUT2D eigenvalue weighted by Crippen LogP contribution is -2.07. The van der Waals surface area contributed by atoms with Crippen molar-refractivity contribution in [2.45, 2.75) is 6.54 Å². The number of para-hydroxylation sites is 2. The summed E-state index contributed by atoms with van der Waals surface area (Å²) in [7, 11) is 0. The zero-order valence-electron chi connectivity index (χ0n) is 13.2. The summed E-state index contributed by atoms with van der Waals surface area (Å²) >= 11 is 0. The van der Waals surface area contributed by atoms with Gasteiger partial charge in [0.15, 0.2) is 11.3 Å². The van der Waals surface area contributed by atoms with Crippen molar-refractivity contribution < 1.29 is 0 Å². The summed E-state index contributed by atoms with van der Waals surface area (Å²) in [5, 5.41) is 0.478. The fourth-order valence-electron chi connectivity index (χ4n) is 3.17. The van der Waals surface area contributed by atoms with Crippen LogP contribution in [0.3, 0.4) is 0 Å². The van der Waals surface area contributed by atoms with Crippen LogP contribution in [0.4, 0.5) is 0 Å². The van der Waals surface area contributed by atoms with Gasteiger partial charge in [-0.2, -0.15) is 0 Å². The summed E-state index contributed by atoms with van der Waals surface area (Å²) in [5.41, 5.74) is 4.31. The molecule has 120 valence electrons. The first-order valence-electron chi connectivity index (χ1n) is 7.97. The number of nitrogens with one attached hydrogen (secondary N) is 1. The summed E-state index contributed by atoms with van der Waals surface area (Å²) < 4.78 is 1.95. The summed E-state index contributed by atoms with van der Waals surface area (Å²) in [6.07, 6.45) is 1.42. The molecule has 3 heterocycles. The Morgan fingerprint density at radius 2 is 1.60 bits per heavy atom. The molecule has 5 aromatic rings. The molecule has 0 aliphatic rings. The molecule has 0 aliphatic heterocycles. The number of rotatable bonds is 2. The van der Waals surface area contributed by atoms with Crippen molar-refractivity contribution in [2.75, 3.05) is 0 Å². The number of aromatic amines is 1. The molecule has 0 aliphatic carbocycles. The second-order valence-corrected chi connectivity index (χ2v) is 5.89. The van der Waals surface area contributed by atoms with E-state index in [0.29, 0.717) is 28.7 Å². The van der Waals surface area contributed by atoms with E-state index in [2.05, 4.69) is 15.0 Å². The van der Waals surface area contributed by atoms with Crippen LogP contribution in [0.2, 0.25) is 0 Å². The predicted molar refractivity (Wildman–Crippen MR) is 96.5 cm³/mol. The van der Waals surface area contributed by atoms with E-state index in [-0.39, 0.29) is 5.56 Å². The molecule has 0 radical (unpaired) electrons. The van der Waals surface area contributed by atoms with E-state index in [1.165, 1.54) is 6.33 Å². The number of fused-ring (bicyclic) bond motifs is 4. The monoisotopic (exact) mass is 327 g/mol. The Balaban J connectivity index is 1.91. The highest BCUT2D eigenvalue weighted by atomic mass is 16.1. The molecule has 6 heteroatoms. The van der Waals surface area contributed by atoms with Crippen molar-refractivity contribution in [3.05, 3.63) is 76.8 Å². The Labute approximate surface area is 141 Å². The van der Waals surface area contributed by atoms with Gasteiger partial charge >= 0.3 is 0 Å². The molecule has 0 atom stereocenters. The molecule has 1 N–H and O–H groups in total. The average molecular weight is 327 g/mol. The minimum absolute atomic E-state index is 0.202. The fourth-order valence-corrected chi connectivity index (χ4v) is 3.17. The van der Waals surface area contributed by atoms with Gasteiger partial charge in [0.25, 0.3) is 5.56 Å². The molecule has 0 spiro atoms. The van der Waals surface area contributed by atoms with Crippen molar-refractivity contribution in [3.63, 3.8) is 0 Å². The smallest absolute Gasteiger partial charge is 0.262 e. The SMILES string of the molecule is O=c1[nH]cnc2c1c1nc3ccccc3nc1n2Cc1ccccc1.